The van der Waals surface area contributed by atoms with E-state index >= 15 is 0 Å². The molecule has 0 aliphatic carbocycles. The molecule has 6 heteroatoms. The molecule has 2 heterocycles. The van der Waals surface area contributed by atoms with E-state index in [-0.39, 0.29) is 5.78 Å². The van der Waals surface area contributed by atoms with Gasteiger partial charge >= 0.3 is 0 Å². The van der Waals surface area contributed by atoms with Crippen molar-refractivity contribution in [3.05, 3.63) is 52.6 Å². The Morgan fingerprint density at radius 3 is 2.65 bits per heavy atom. The number of rotatable bonds is 3. The highest BCUT2D eigenvalue weighted by Gasteiger charge is 2.06. The Balaban J connectivity index is 1.89. The van der Waals surface area contributed by atoms with Gasteiger partial charge in [0.1, 0.15) is 0 Å². The van der Waals surface area contributed by atoms with E-state index in [1.54, 1.807) is 23.6 Å². The van der Waals surface area contributed by atoms with Crippen LogP contribution < -0.4 is 5.32 Å². The van der Waals surface area contributed by atoms with Gasteiger partial charge in [0.15, 0.2) is 11.4 Å². The number of Topliss-reactive ketones (excluding diaryl/α,β-unsaturated/α-hetero) is 1. The normalized spacial score (nSPS) is 10.7. The van der Waals surface area contributed by atoms with Crippen molar-refractivity contribution in [2.45, 2.75) is 6.92 Å². The van der Waals surface area contributed by atoms with Gasteiger partial charge in [-0.1, -0.05) is 0 Å². The highest BCUT2D eigenvalue weighted by atomic mass is 79.9. The molecule has 0 atom stereocenters. The van der Waals surface area contributed by atoms with Crippen molar-refractivity contribution in [3.63, 3.8) is 0 Å². The van der Waals surface area contributed by atoms with Crippen LogP contribution in [0.25, 0.3) is 5.65 Å². The lowest BCUT2D eigenvalue weighted by Gasteiger charge is -2.01. The fourth-order valence-corrected chi connectivity index (χ4v) is 2.27. The Kier molecular flexibility index (Phi) is 3.23. The van der Waals surface area contributed by atoms with E-state index in [9.17, 15) is 4.79 Å². The summed E-state index contributed by atoms with van der Waals surface area (Å²) in [5.74, 6) is 0.554. The lowest BCUT2D eigenvalue weighted by atomic mass is 10.1. The number of aromatic nitrogens is 3. The van der Waals surface area contributed by atoms with E-state index in [0.29, 0.717) is 11.5 Å². The number of ketones is 1. The monoisotopic (exact) mass is 330 g/mol. The second-order valence-corrected chi connectivity index (χ2v) is 5.17. The van der Waals surface area contributed by atoms with Crippen LogP contribution in [0.2, 0.25) is 0 Å². The van der Waals surface area contributed by atoms with Crippen molar-refractivity contribution in [2.24, 2.45) is 0 Å². The molecule has 0 radical (unpaired) electrons. The van der Waals surface area contributed by atoms with Gasteiger partial charge in [-0.15, -0.1) is 5.10 Å². The Bertz CT molecular complexity index is 779. The van der Waals surface area contributed by atoms with Gasteiger partial charge in [0.05, 0.1) is 4.47 Å². The van der Waals surface area contributed by atoms with E-state index in [1.165, 1.54) is 0 Å². The van der Waals surface area contributed by atoms with Gasteiger partial charge < -0.3 is 5.32 Å². The molecule has 2 aromatic heterocycles. The molecule has 3 aromatic rings. The third-order valence-corrected chi connectivity index (χ3v) is 3.48. The zero-order valence-corrected chi connectivity index (χ0v) is 12.3. The van der Waals surface area contributed by atoms with Crippen molar-refractivity contribution >= 4 is 39.0 Å². The zero-order valence-electron chi connectivity index (χ0n) is 10.7. The smallest absolute Gasteiger partial charge is 0.247 e. The van der Waals surface area contributed by atoms with Crippen LogP contribution in [-0.2, 0) is 0 Å². The minimum absolute atomic E-state index is 0.0475. The summed E-state index contributed by atoms with van der Waals surface area (Å²) in [6.45, 7) is 1.55. The molecule has 0 aliphatic rings. The predicted octanol–water partition coefficient (Wildman–Crippen LogP) is 3.44. The number of benzene rings is 1. The number of carbonyl (C=O) groups excluding carboxylic acids is 1. The second-order valence-electron chi connectivity index (χ2n) is 4.32. The fourth-order valence-electron chi connectivity index (χ4n) is 1.84. The molecule has 0 aliphatic heterocycles. The topological polar surface area (TPSA) is 59.3 Å². The second kappa shape index (κ2) is 5.05. The van der Waals surface area contributed by atoms with Gasteiger partial charge in [-0.3, -0.25) is 4.79 Å². The average molecular weight is 331 g/mol. The van der Waals surface area contributed by atoms with Gasteiger partial charge in [-0.2, -0.15) is 4.98 Å². The number of nitrogens with one attached hydrogen (secondary N) is 1. The van der Waals surface area contributed by atoms with E-state index < -0.39 is 0 Å². The molecule has 0 fully saturated rings. The summed E-state index contributed by atoms with van der Waals surface area (Å²) in [5.41, 5.74) is 2.26. The molecule has 0 unspecified atom stereocenters. The SMILES string of the molecule is CC(=O)c1ccc(Nc2nc3c(Br)cccn3n2)cc1. The quantitative estimate of drug-likeness (QED) is 0.747. The van der Waals surface area contributed by atoms with Gasteiger partial charge in [0.25, 0.3) is 0 Å². The third kappa shape index (κ3) is 2.42. The minimum Gasteiger partial charge on any atom is -0.323 e. The highest BCUT2D eigenvalue weighted by molar-refractivity contribution is 9.10. The highest BCUT2D eigenvalue weighted by Crippen LogP contribution is 2.19. The Morgan fingerprint density at radius 2 is 2.00 bits per heavy atom. The Labute approximate surface area is 123 Å². The average Bonchev–Trinajstić information content (AvgIpc) is 2.83. The molecule has 1 aromatic carbocycles. The van der Waals surface area contributed by atoms with Crippen LogP contribution in [0.4, 0.5) is 11.6 Å². The van der Waals surface area contributed by atoms with Crippen LogP contribution in [0.1, 0.15) is 17.3 Å². The van der Waals surface area contributed by atoms with Crippen LogP contribution in [0.5, 0.6) is 0 Å². The lowest BCUT2D eigenvalue weighted by molar-refractivity contribution is 0.101. The summed E-state index contributed by atoms with van der Waals surface area (Å²) < 4.78 is 2.57. The summed E-state index contributed by atoms with van der Waals surface area (Å²) in [6.07, 6.45) is 1.83. The summed E-state index contributed by atoms with van der Waals surface area (Å²) in [6, 6.07) is 11.0. The molecule has 0 saturated carbocycles. The molecule has 0 bridgehead atoms. The number of carbonyl (C=O) groups is 1. The maximum atomic E-state index is 11.2. The van der Waals surface area contributed by atoms with E-state index in [0.717, 1.165) is 15.8 Å². The van der Waals surface area contributed by atoms with Crippen LogP contribution in [0.15, 0.2) is 47.1 Å². The summed E-state index contributed by atoms with van der Waals surface area (Å²) in [5, 5.41) is 7.44. The molecule has 100 valence electrons. The van der Waals surface area contributed by atoms with Gasteiger partial charge in [-0.05, 0) is 59.3 Å². The Hall–Kier alpha value is -2.21. The minimum atomic E-state index is 0.0475. The molecular weight excluding hydrogens is 320 g/mol. The van der Waals surface area contributed by atoms with Crippen molar-refractivity contribution < 1.29 is 4.79 Å². The molecule has 3 rings (SSSR count). The van der Waals surface area contributed by atoms with Gasteiger partial charge in [0.2, 0.25) is 5.95 Å². The van der Waals surface area contributed by atoms with Crippen LogP contribution in [-0.4, -0.2) is 20.4 Å². The van der Waals surface area contributed by atoms with Gasteiger partial charge in [-0.25, -0.2) is 4.52 Å². The van der Waals surface area contributed by atoms with Crippen LogP contribution in [0, 0.1) is 0 Å². The number of hydrogen-bond acceptors (Lipinski definition) is 4. The largest absolute Gasteiger partial charge is 0.323 e. The third-order valence-electron chi connectivity index (χ3n) is 2.86. The number of fused-ring (bicyclic) bond motifs is 1. The molecule has 20 heavy (non-hydrogen) atoms. The van der Waals surface area contributed by atoms with Crippen LogP contribution in [0.3, 0.4) is 0 Å². The number of hydrogen-bond donors (Lipinski definition) is 1. The van der Waals surface area contributed by atoms with E-state index in [4.69, 9.17) is 0 Å². The predicted molar refractivity (Wildman–Crippen MR) is 80.4 cm³/mol. The number of halogens is 1. The maximum Gasteiger partial charge on any atom is 0.247 e. The standard InChI is InChI=1S/C14H11BrN4O/c1-9(20)10-4-6-11(7-5-10)16-14-17-13-12(15)3-2-8-19(13)18-14/h2-8H,1H3,(H,16,18). The first-order chi connectivity index (χ1) is 9.63. The lowest BCUT2D eigenvalue weighted by Crippen LogP contribution is -1.95. The Morgan fingerprint density at radius 1 is 1.25 bits per heavy atom. The first-order valence-electron chi connectivity index (χ1n) is 6.02. The fraction of sp³-hybridized carbons (Fsp3) is 0.0714. The number of pyridine rings is 1. The molecule has 1 N–H and O–H groups in total. The summed E-state index contributed by atoms with van der Waals surface area (Å²) >= 11 is 3.43. The first kappa shape index (κ1) is 12.8. The van der Waals surface area contributed by atoms with Crippen LogP contribution >= 0.6 is 15.9 Å². The van der Waals surface area contributed by atoms with E-state index in [1.807, 2.05) is 30.5 Å². The van der Waals surface area contributed by atoms with Crippen molar-refractivity contribution in [3.8, 4) is 0 Å². The molecular formula is C14H11BrN4O. The van der Waals surface area contributed by atoms with Crippen molar-refractivity contribution in [1.82, 2.24) is 14.6 Å². The zero-order chi connectivity index (χ0) is 14.1. The molecule has 0 spiro atoms. The summed E-state index contributed by atoms with van der Waals surface area (Å²) in [7, 11) is 0. The van der Waals surface area contributed by atoms with Crippen molar-refractivity contribution in [1.29, 1.82) is 0 Å². The first-order valence-corrected chi connectivity index (χ1v) is 6.82. The molecule has 0 amide bonds. The maximum absolute atomic E-state index is 11.2. The molecule has 5 nitrogen and oxygen atoms in total. The molecule has 0 saturated heterocycles. The van der Waals surface area contributed by atoms with Crippen molar-refractivity contribution in [2.75, 3.05) is 5.32 Å². The number of anilines is 2. The number of nitrogens with zero attached hydrogens (tertiary/aromatic N) is 3. The van der Waals surface area contributed by atoms with E-state index in [2.05, 4.69) is 31.3 Å². The summed E-state index contributed by atoms with van der Waals surface area (Å²) in [4.78, 5) is 15.6. The van der Waals surface area contributed by atoms with Gasteiger partial charge in [0, 0.05) is 17.4 Å².